The average Bonchev–Trinajstić information content (AvgIpc) is 2.26. The SMILES string of the molecule is CCC(C)[N+](C)(C)Cc1ccc(S(=O)(=O)[O-])cc1. The van der Waals surface area contributed by atoms with Crippen molar-refractivity contribution >= 4 is 10.1 Å². The van der Waals surface area contributed by atoms with Crippen LogP contribution in [0.4, 0.5) is 0 Å². The molecule has 0 aromatic heterocycles. The molecule has 0 heterocycles. The van der Waals surface area contributed by atoms with Crippen LogP contribution in [0.25, 0.3) is 0 Å². The molecule has 0 radical (unpaired) electrons. The summed E-state index contributed by atoms with van der Waals surface area (Å²) in [6.45, 7) is 5.16. The Morgan fingerprint density at radius 3 is 2.11 bits per heavy atom. The van der Waals surface area contributed by atoms with Crippen LogP contribution in [0.15, 0.2) is 29.2 Å². The van der Waals surface area contributed by atoms with Crippen molar-refractivity contribution in [3.05, 3.63) is 29.8 Å². The maximum absolute atomic E-state index is 10.8. The van der Waals surface area contributed by atoms with Gasteiger partial charge in [-0.1, -0.05) is 19.1 Å². The van der Waals surface area contributed by atoms with E-state index in [2.05, 4.69) is 27.9 Å². The van der Waals surface area contributed by atoms with E-state index in [4.69, 9.17) is 0 Å². The lowest BCUT2D eigenvalue weighted by atomic mass is 10.1. The van der Waals surface area contributed by atoms with Crippen molar-refractivity contribution < 1.29 is 17.5 Å². The molecule has 0 aliphatic carbocycles. The highest BCUT2D eigenvalue weighted by atomic mass is 32.2. The second kappa shape index (κ2) is 5.38. The highest BCUT2D eigenvalue weighted by Crippen LogP contribution is 2.17. The Kier molecular flexibility index (Phi) is 4.53. The summed E-state index contributed by atoms with van der Waals surface area (Å²) in [5, 5.41) is 0. The minimum absolute atomic E-state index is 0.167. The maximum Gasteiger partial charge on any atom is 0.124 e. The molecule has 0 N–H and O–H groups in total. The molecule has 0 saturated carbocycles. The molecule has 5 heteroatoms. The van der Waals surface area contributed by atoms with E-state index >= 15 is 0 Å². The summed E-state index contributed by atoms with van der Waals surface area (Å²) < 4.78 is 33.3. The Balaban J connectivity index is 2.88. The molecule has 0 bridgehead atoms. The predicted octanol–water partition coefficient (Wildman–Crippen LogP) is 1.97. The van der Waals surface area contributed by atoms with Gasteiger partial charge in [0.2, 0.25) is 0 Å². The van der Waals surface area contributed by atoms with Crippen molar-refractivity contribution in [3.63, 3.8) is 0 Å². The third-order valence-corrected chi connectivity index (χ3v) is 4.44. The third kappa shape index (κ3) is 3.80. The molecule has 0 aliphatic heterocycles. The third-order valence-electron chi connectivity index (χ3n) is 3.59. The van der Waals surface area contributed by atoms with Crippen molar-refractivity contribution in [2.75, 3.05) is 14.1 Å². The Bertz CT molecular complexity index is 491. The van der Waals surface area contributed by atoms with Gasteiger partial charge in [0.15, 0.2) is 0 Å². The zero-order chi connectivity index (χ0) is 14.0. The molecule has 18 heavy (non-hydrogen) atoms. The van der Waals surface area contributed by atoms with Gasteiger partial charge in [-0.2, -0.15) is 0 Å². The normalized spacial score (nSPS) is 14.5. The summed E-state index contributed by atoms with van der Waals surface area (Å²) in [4.78, 5) is -0.167. The van der Waals surface area contributed by atoms with Crippen molar-refractivity contribution in [1.82, 2.24) is 0 Å². The Morgan fingerprint density at radius 2 is 1.72 bits per heavy atom. The molecule has 0 saturated heterocycles. The summed E-state index contributed by atoms with van der Waals surface area (Å²) in [7, 11) is -0.0489. The smallest absolute Gasteiger partial charge is 0.124 e. The van der Waals surface area contributed by atoms with Gasteiger partial charge in [-0.15, -0.1) is 0 Å². The predicted molar refractivity (Wildman–Crippen MR) is 70.0 cm³/mol. The molecular formula is C13H21NO3S. The Morgan fingerprint density at radius 1 is 1.22 bits per heavy atom. The standard InChI is InChI=1S/C13H21NO3S/c1-5-11(2)14(3,4)10-12-6-8-13(9-7-12)18(15,16)17/h6-9,11H,5,10H2,1-4H3. The lowest BCUT2D eigenvalue weighted by molar-refractivity contribution is -0.926. The molecule has 102 valence electrons. The monoisotopic (exact) mass is 271 g/mol. The van der Waals surface area contributed by atoms with E-state index in [1.807, 2.05) is 0 Å². The fourth-order valence-electron chi connectivity index (χ4n) is 1.88. The van der Waals surface area contributed by atoms with E-state index in [1.165, 1.54) is 12.1 Å². The zero-order valence-electron chi connectivity index (χ0n) is 11.4. The number of benzene rings is 1. The molecule has 1 rings (SSSR count). The van der Waals surface area contributed by atoms with Crippen LogP contribution >= 0.6 is 0 Å². The summed E-state index contributed by atoms with van der Waals surface area (Å²) >= 11 is 0. The first kappa shape index (κ1) is 15.1. The zero-order valence-corrected chi connectivity index (χ0v) is 12.2. The number of rotatable bonds is 5. The van der Waals surface area contributed by atoms with Gasteiger partial charge in [-0.25, -0.2) is 8.42 Å². The number of hydrogen-bond acceptors (Lipinski definition) is 3. The summed E-state index contributed by atoms with van der Waals surface area (Å²) in [6.07, 6.45) is 1.08. The number of nitrogens with zero attached hydrogens (tertiary/aromatic N) is 1. The largest absolute Gasteiger partial charge is 0.744 e. The van der Waals surface area contributed by atoms with Gasteiger partial charge in [0.25, 0.3) is 0 Å². The van der Waals surface area contributed by atoms with Crippen molar-refractivity contribution in [2.45, 2.75) is 37.8 Å². The van der Waals surface area contributed by atoms with Crippen LogP contribution < -0.4 is 0 Å². The number of hydrogen-bond donors (Lipinski definition) is 0. The summed E-state index contributed by atoms with van der Waals surface area (Å²) in [6, 6.07) is 6.72. The number of quaternary nitrogens is 1. The minimum Gasteiger partial charge on any atom is -0.744 e. The quantitative estimate of drug-likeness (QED) is 0.607. The fourth-order valence-corrected chi connectivity index (χ4v) is 2.35. The molecule has 1 aromatic carbocycles. The Hall–Kier alpha value is -0.910. The Labute approximate surface area is 110 Å². The highest BCUT2D eigenvalue weighted by Gasteiger charge is 2.22. The van der Waals surface area contributed by atoms with Crippen LogP contribution in [0, 0.1) is 0 Å². The van der Waals surface area contributed by atoms with Gasteiger partial charge < -0.3 is 9.04 Å². The van der Waals surface area contributed by atoms with Crippen LogP contribution in [-0.4, -0.2) is 37.6 Å². The first-order valence-corrected chi connectivity index (χ1v) is 7.45. The van der Waals surface area contributed by atoms with Gasteiger partial charge in [0, 0.05) is 5.56 Å². The topological polar surface area (TPSA) is 57.2 Å². The maximum atomic E-state index is 10.8. The fraction of sp³-hybridized carbons (Fsp3) is 0.538. The van der Waals surface area contributed by atoms with Crippen LogP contribution in [0.1, 0.15) is 25.8 Å². The van der Waals surface area contributed by atoms with Crippen molar-refractivity contribution in [1.29, 1.82) is 0 Å². The van der Waals surface area contributed by atoms with Crippen LogP contribution in [-0.2, 0) is 16.7 Å². The molecule has 1 aromatic rings. The molecule has 0 fully saturated rings. The molecule has 1 unspecified atom stereocenters. The van der Waals surface area contributed by atoms with Crippen LogP contribution in [0.3, 0.4) is 0 Å². The second-order valence-corrected chi connectivity index (χ2v) is 6.67. The molecule has 0 amide bonds. The molecule has 1 atom stereocenters. The van der Waals surface area contributed by atoms with E-state index in [1.54, 1.807) is 12.1 Å². The van der Waals surface area contributed by atoms with Crippen LogP contribution in [0.5, 0.6) is 0 Å². The van der Waals surface area contributed by atoms with E-state index in [0.29, 0.717) is 6.04 Å². The molecule has 0 spiro atoms. The van der Waals surface area contributed by atoms with Gasteiger partial charge >= 0.3 is 0 Å². The summed E-state index contributed by atoms with van der Waals surface area (Å²) in [5.74, 6) is 0. The minimum atomic E-state index is -4.34. The molecular weight excluding hydrogens is 250 g/mol. The van der Waals surface area contributed by atoms with E-state index < -0.39 is 10.1 Å². The lowest BCUT2D eigenvalue weighted by Gasteiger charge is -2.35. The first-order chi connectivity index (χ1) is 8.16. The second-order valence-electron chi connectivity index (χ2n) is 5.29. The van der Waals surface area contributed by atoms with E-state index in [-0.39, 0.29) is 4.90 Å². The first-order valence-electron chi connectivity index (χ1n) is 6.04. The lowest BCUT2D eigenvalue weighted by Crippen LogP contribution is -2.46. The van der Waals surface area contributed by atoms with Crippen molar-refractivity contribution in [2.24, 2.45) is 0 Å². The average molecular weight is 271 g/mol. The van der Waals surface area contributed by atoms with Gasteiger partial charge in [0.05, 0.1) is 25.0 Å². The van der Waals surface area contributed by atoms with Gasteiger partial charge in [0.1, 0.15) is 16.7 Å². The van der Waals surface area contributed by atoms with E-state index in [0.717, 1.165) is 23.0 Å². The van der Waals surface area contributed by atoms with Gasteiger partial charge in [-0.3, -0.25) is 0 Å². The van der Waals surface area contributed by atoms with Crippen LogP contribution in [0.2, 0.25) is 0 Å². The summed E-state index contributed by atoms with van der Waals surface area (Å²) in [5.41, 5.74) is 1.03. The van der Waals surface area contributed by atoms with E-state index in [9.17, 15) is 13.0 Å². The molecule has 4 nitrogen and oxygen atoms in total. The van der Waals surface area contributed by atoms with Crippen molar-refractivity contribution in [3.8, 4) is 0 Å². The molecule has 0 aliphatic rings. The van der Waals surface area contributed by atoms with Gasteiger partial charge in [-0.05, 0) is 25.5 Å². The highest BCUT2D eigenvalue weighted by molar-refractivity contribution is 7.85.